The lowest BCUT2D eigenvalue weighted by atomic mass is 10.1. The van der Waals surface area contributed by atoms with E-state index in [-0.39, 0.29) is 18.6 Å². The molecule has 1 N–H and O–H groups in total. The highest BCUT2D eigenvalue weighted by molar-refractivity contribution is 5.93. The maximum atomic E-state index is 11.6. The number of aromatic nitrogens is 1. The van der Waals surface area contributed by atoms with Crippen LogP contribution < -0.4 is 5.32 Å². The second-order valence-corrected chi connectivity index (χ2v) is 4.57. The van der Waals surface area contributed by atoms with Crippen molar-refractivity contribution < 1.29 is 14.3 Å². The highest BCUT2D eigenvalue weighted by Gasteiger charge is 2.06. The SMILES string of the molecule is CCCCCCCC(=O)OCNC(=O)c1cccnc1. The number of amides is 1. The van der Waals surface area contributed by atoms with Crippen LogP contribution in [0.2, 0.25) is 0 Å². The summed E-state index contributed by atoms with van der Waals surface area (Å²) in [5.41, 5.74) is 0.447. The number of carbonyl (C=O) groups is 2. The molecule has 0 bridgehead atoms. The predicted octanol–water partition coefficient (Wildman–Crippen LogP) is 2.67. The third kappa shape index (κ3) is 6.87. The van der Waals surface area contributed by atoms with E-state index < -0.39 is 0 Å². The Kier molecular flexibility index (Phi) is 8.03. The average Bonchev–Trinajstić information content (AvgIpc) is 2.48. The van der Waals surface area contributed by atoms with Crippen LogP contribution in [0.5, 0.6) is 0 Å². The number of unbranched alkanes of at least 4 members (excludes halogenated alkanes) is 4. The monoisotopic (exact) mass is 278 g/mol. The van der Waals surface area contributed by atoms with E-state index in [0.717, 1.165) is 19.3 Å². The summed E-state index contributed by atoms with van der Waals surface area (Å²) in [7, 11) is 0. The van der Waals surface area contributed by atoms with Crippen molar-refractivity contribution in [2.75, 3.05) is 6.73 Å². The first kappa shape index (κ1) is 16.1. The zero-order valence-electron chi connectivity index (χ0n) is 11.9. The van der Waals surface area contributed by atoms with Crippen LogP contribution >= 0.6 is 0 Å². The molecule has 1 heterocycles. The van der Waals surface area contributed by atoms with Gasteiger partial charge in [0.15, 0.2) is 6.73 Å². The van der Waals surface area contributed by atoms with Crippen LogP contribution in [-0.2, 0) is 9.53 Å². The number of ether oxygens (including phenoxy) is 1. The molecular weight excluding hydrogens is 256 g/mol. The Bertz CT molecular complexity index is 407. The van der Waals surface area contributed by atoms with E-state index in [1.54, 1.807) is 18.3 Å². The quantitative estimate of drug-likeness (QED) is 0.428. The van der Waals surface area contributed by atoms with Crippen LogP contribution in [0.1, 0.15) is 55.8 Å². The Morgan fingerprint density at radius 1 is 1.25 bits per heavy atom. The fraction of sp³-hybridized carbons (Fsp3) is 0.533. The summed E-state index contributed by atoms with van der Waals surface area (Å²) in [6.45, 7) is 2.06. The lowest BCUT2D eigenvalue weighted by molar-refractivity contribution is -0.144. The van der Waals surface area contributed by atoms with Crippen molar-refractivity contribution >= 4 is 11.9 Å². The van der Waals surface area contributed by atoms with Gasteiger partial charge in [-0.3, -0.25) is 14.6 Å². The third-order valence-corrected chi connectivity index (χ3v) is 2.87. The van der Waals surface area contributed by atoms with Crippen molar-refractivity contribution in [1.82, 2.24) is 10.3 Å². The van der Waals surface area contributed by atoms with Crippen LogP contribution in [0.4, 0.5) is 0 Å². The molecule has 110 valence electrons. The molecule has 1 aromatic heterocycles. The normalized spacial score (nSPS) is 10.1. The summed E-state index contributed by atoms with van der Waals surface area (Å²) < 4.78 is 4.95. The van der Waals surface area contributed by atoms with Gasteiger partial charge in [-0.2, -0.15) is 0 Å². The molecule has 1 amide bonds. The van der Waals surface area contributed by atoms with Gasteiger partial charge < -0.3 is 10.1 Å². The zero-order valence-corrected chi connectivity index (χ0v) is 11.9. The smallest absolute Gasteiger partial charge is 0.307 e. The van der Waals surface area contributed by atoms with Crippen LogP contribution in [-0.4, -0.2) is 23.6 Å². The predicted molar refractivity (Wildman–Crippen MR) is 76.0 cm³/mol. The first-order valence-electron chi connectivity index (χ1n) is 7.08. The van der Waals surface area contributed by atoms with Gasteiger partial charge in [-0.25, -0.2) is 0 Å². The zero-order chi connectivity index (χ0) is 14.6. The second-order valence-electron chi connectivity index (χ2n) is 4.57. The molecule has 20 heavy (non-hydrogen) atoms. The summed E-state index contributed by atoms with van der Waals surface area (Å²) >= 11 is 0. The Morgan fingerprint density at radius 2 is 2.05 bits per heavy atom. The number of hydrogen-bond donors (Lipinski definition) is 1. The Morgan fingerprint density at radius 3 is 2.75 bits per heavy atom. The minimum Gasteiger partial charge on any atom is -0.444 e. The van der Waals surface area contributed by atoms with E-state index in [4.69, 9.17) is 4.74 Å². The van der Waals surface area contributed by atoms with E-state index in [1.807, 2.05) is 0 Å². The van der Waals surface area contributed by atoms with E-state index >= 15 is 0 Å². The molecule has 0 saturated carbocycles. The van der Waals surface area contributed by atoms with E-state index in [2.05, 4.69) is 17.2 Å². The highest BCUT2D eigenvalue weighted by Crippen LogP contribution is 2.05. The molecule has 0 saturated heterocycles. The fourth-order valence-corrected chi connectivity index (χ4v) is 1.73. The number of hydrogen-bond acceptors (Lipinski definition) is 4. The van der Waals surface area contributed by atoms with E-state index in [1.165, 1.54) is 19.0 Å². The fourth-order valence-electron chi connectivity index (χ4n) is 1.73. The van der Waals surface area contributed by atoms with Gasteiger partial charge in [0.2, 0.25) is 0 Å². The third-order valence-electron chi connectivity index (χ3n) is 2.87. The number of carbonyl (C=O) groups excluding carboxylic acids is 2. The van der Waals surface area contributed by atoms with E-state index in [9.17, 15) is 9.59 Å². The largest absolute Gasteiger partial charge is 0.444 e. The number of nitrogens with one attached hydrogen (secondary N) is 1. The summed E-state index contributed by atoms with van der Waals surface area (Å²) in [6.07, 6.45) is 8.90. The molecule has 1 rings (SSSR count). The lowest BCUT2D eigenvalue weighted by Gasteiger charge is -2.06. The molecule has 0 atom stereocenters. The standard InChI is InChI=1S/C15H22N2O3/c1-2-3-4-5-6-9-14(18)20-12-17-15(19)13-8-7-10-16-11-13/h7-8,10-11H,2-6,9,12H2,1H3,(H,17,19). The molecule has 0 aliphatic rings. The van der Waals surface area contributed by atoms with Crippen LogP contribution in [0.25, 0.3) is 0 Å². The molecule has 0 radical (unpaired) electrons. The molecule has 0 aliphatic carbocycles. The van der Waals surface area contributed by atoms with Gasteiger partial charge in [-0.15, -0.1) is 0 Å². The first-order chi connectivity index (χ1) is 9.74. The van der Waals surface area contributed by atoms with Gasteiger partial charge in [0.25, 0.3) is 5.91 Å². The first-order valence-corrected chi connectivity index (χ1v) is 7.08. The molecule has 0 unspecified atom stereocenters. The van der Waals surface area contributed by atoms with Gasteiger partial charge in [0, 0.05) is 18.8 Å². The topological polar surface area (TPSA) is 68.3 Å². The van der Waals surface area contributed by atoms with Crippen LogP contribution in [0.15, 0.2) is 24.5 Å². The second kappa shape index (κ2) is 9.95. The number of rotatable bonds is 9. The van der Waals surface area contributed by atoms with E-state index in [0.29, 0.717) is 12.0 Å². The van der Waals surface area contributed by atoms with Gasteiger partial charge in [0.05, 0.1) is 5.56 Å². The average molecular weight is 278 g/mol. The number of esters is 1. The maximum absolute atomic E-state index is 11.6. The molecule has 0 fully saturated rings. The Labute approximate surface area is 119 Å². The summed E-state index contributed by atoms with van der Waals surface area (Å²) in [4.78, 5) is 26.9. The van der Waals surface area contributed by atoms with Crippen LogP contribution in [0.3, 0.4) is 0 Å². The summed E-state index contributed by atoms with van der Waals surface area (Å²) in [6, 6.07) is 3.33. The molecule has 5 heteroatoms. The van der Waals surface area contributed by atoms with Gasteiger partial charge in [0.1, 0.15) is 0 Å². The summed E-state index contributed by atoms with van der Waals surface area (Å²) in [5.74, 6) is -0.568. The van der Waals surface area contributed by atoms with Crippen molar-refractivity contribution in [2.24, 2.45) is 0 Å². The van der Waals surface area contributed by atoms with Crippen molar-refractivity contribution in [1.29, 1.82) is 0 Å². The summed E-state index contributed by atoms with van der Waals surface area (Å²) in [5, 5.41) is 2.52. The molecule has 5 nitrogen and oxygen atoms in total. The Hall–Kier alpha value is -1.91. The highest BCUT2D eigenvalue weighted by atomic mass is 16.5. The van der Waals surface area contributed by atoms with Crippen molar-refractivity contribution in [3.8, 4) is 0 Å². The number of pyridine rings is 1. The van der Waals surface area contributed by atoms with Gasteiger partial charge in [-0.05, 0) is 18.6 Å². The molecule has 0 aromatic carbocycles. The Balaban J connectivity index is 2.08. The molecule has 1 aromatic rings. The molecule has 0 spiro atoms. The lowest BCUT2D eigenvalue weighted by Crippen LogP contribution is -2.27. The molecular formula is C15H22N2O3. The van der Waals surface area contributed by atoms with Crippen LogP contribution in [0, 0.1) is 0 Å². The minimum absolute atomic E-state index is 0.0957. The maximum Gasteiger partial charge on any atom is 0.307 e. The van der Waals surface area contributed by atoms with Gasteiger partial charge >= 0.3 is 5.97 Å². The minimum atomic E-state index is -0.297. The van der Waals surface area contributed by atoms with Gasteiger partial charge in [-0.1, -0.05) is 32.6 Å². The van der Waals surface area contributed by atoms with Crippen molar-refractivity contribution in [3.63, 3.8) is 0 Å². The van der Waals surface area contributed by atoms with Crippen molar-refractivity contribution in [3.05, 3.63) is 30.1 Å². The molecule has 0 aliphatic heterocycles. The van der Waals surface area contributed by atoms with Crippen molar-refractivity contribution in [2.45, 2.75) is 45.4 Å². The number of nitrogens with zero attached hydrogens (tertiary/aromatic N) is 1.